The van der Waals surface area contributed by atoms with E-state index in [0.29, 0.717) is 6.61 Å². The summed E-state index contributed by atoms with van der Waals surface area (Å²) < 4.78 is 5.58. The summed E-state index contributed by atoms with van der Waals surface area (Å²) in [7, 11) is 0. The normalized spacial score (nSPS) is 16.3. The first-order valence-electron chi connectivity index (χ1n) is 6.20. The molecule has 0 aliphatic heterocycles. The van der Waals surface area contributed by atoms with E-state index >= 15 is 0 Å². The molecule has 0 aliphatic carbocycles. The van der Waals surface area contributed by atoms with Crippen LogP contribution in [0, 0.1) is 5.92 Å². The third kappa shape index (κ3) is 4.26. The standard InChI is InChI=1S/C15H22O3/c1-4-13(15(17)14(16)11(2)3)18-10-12-8-6-5-7-9-12/h4-9,11,13-17H,1,10H2,2-3H3/t13-,14+,15+/m0/s1. The predicted molar refractivity (Wildman–Crippen MR) is 72.1 cm³/mol. The maximum atomic E-state index is 9.98. The Labute approximate surface area is 109 Å². The van der Waals surface area contributed by atoms with Gasteiger partial charge in [0.15, 0.2) is 0 Å². The third-order valence-electron chi connectivity index (χ3n) is 2.89. The van der Waals surface area contributed by atoms with Crippen molar-refractivity contribution in [3.05, 3.63) is 48.6 Å². The molecule has 1 aromatic rings. The molecular weight excluding hydrogens is 228 g/mol. The fraction of sp³-hybridized carbons (Fsp3) is 0.467. The molecule has 0 spiro atoms. The molecule has 0 amide bonds. The molecule has 1 rings (SSSR count). The van der Waals surface area contributed by atoms with Crippen molar-refractivity contribution in [3.8, 4) is 0 Å². The van der Waals surface area contributed by atoms with Crippen LogP contribution in [0.4, 0.5) is 0 Å². The van der Waals surface area contributed by atoms with Gasteiger partial charge in [-0.05, 0) is 11.5 Å². The highest BCUT2D eigenvalue weighted by atomic mass is 16.5. The Balaban J connectivity index is 2.54. The van der Waals surface area contributed by atoms with Gasteiger partial charge >= 0.3 is 0 Å². The Morgan fingerprint density at radius 1 is 1.17 bits per heavy atom. The maximum absolute atomic E-state index is 9.98. The summed E-state index contributed by atoms with van der Waals surface area (Å²) >= 11 is 0. The van der Waals surface area contributed by atoms with Crippen LogP contribution >= 0.6 is 0 Å². The Hall–Kier alpha value is -1.16. The number of hydrogen-bond donors (Lipinski definition) is 2. The Bertz CT molecular complexity index is 348. The van der Waals surface area contributed by atoms with Crippen molar-refractivity contribution < 1.29 is 14.9 Å². The molecule has 0 bridgehead atoms. The quantitative estimate of drug-likeness (QED) is 0.729. The van der Waals surface area contributed by atoms with Gasteiger partial charge in [0.1, 0.15) is 12.2 Å². The highest BCUT2D eigenvalue weighted by Crippen LogP contribution is 2.14. The zero-order valence-corrected chi connectivity index (χ0v) is 11.0. The number of rotatable bonds is 7. The van der Waals surface area contributed by atoms with E-state index in [2.05, 4.69) is 6.58 Å². The van der Waals surface area contributed by atoms with Gasteiger partial charge in [0.05, 0.1) is 12.7 Å². The Morgan fingerprint density at radius 2 is 1.78 bits per heavy atom. The topological polar surface area (TPSA) is 49.7 Å². The molecule has 0 aromatic heterocycles. The molecule has 18 heavy (non-hydrogen) atoms. The van der Waals surface area contributed by atoms with Gasteiger partial charge in [0.25, 0.3) is 0 Å². The summed E-state index contributed by atoms with van der Waals surface area (Å²) in [5.74, 6) is -0.0252. The Kier molecular flexibility index (Phi) is 6.05. The lowest BCUT2D eigenvalue weighted by Crippen LogP contribution is -2.40. The van der Waals surface area contributed by atoms with Crippen LogP contribution in [-0.2, 0) is 11.3 Å². The molecule has 100 valence electrons. The van der Waals surface area contributed by atoms with Gasteiger partial charge in [-0.3, -0.25) is 0 Å². The lowest BCUT2D eigenvalue weighted by molar-refractivity contribution is -0.0883. The zero-order valence-electron chi connectivity index (χ0n) is 11.0. The van der Waals surface area contributed by atoms with Gasteiger partial charge in [0, 0.05) is 0 Å². The number of hydrogen-bond acceptors (Lipinski definition) is 3. The van der Waals surface area contributed by atoms with Gasteiger partial charge in [-0.15, -0.1) is 6.58 Å². The van der Waals surface area contributed by atoms with Gasteiger partial charge < -0.3 is 14.9 Å². The highest BCUT2D eigenvalue weighted by molar-refractivity contribution is 5.13. The van der Waals surface area contributed by atoms with E-state index in [9.17, 15) is 10.2 Å². The molecule has 1 aromatic carbocycles. The van der Waals surface area contributed by atoms with E-state index in [0.717, 1.165) is 5.56 Å². The average Bonchev–Trinajstić information content (AvgIpc) is 2.39. The number of aliphatic hydroxyl groups excluding tert-OH is 2. The zero-order chi connectivity index (χ0) is 13.5. The number of benzene rings is 1. The summed E-state index contributed by atoms with van der Waals surface area (Å²) in [5, 5.41) is 19.8. The Morgan fingerprint density at radius 3 is 2.28 bits per heavy atom. The summed E-state index contributed by atoms with van der Waals surface area (Å²) in [6.45, 7) is 7.73. The van der Waals surface area contributed by atoms with E-state index in [1.807, 2.05) is 44.2 Å². The first-order chi connectivity index (χ1) is 8.56. The fourth-order valence-electron chi connectivity index (χ4n) is 1.66. The van der Waals surface area contributed by atoms with E-state index in [-0.39, 0.29) is 5.92 Å². The van der Waals surface area contributed by atoms with Crippen LogP contribution in [0.5, 0.6) is 0 Å². The van der Waals surface area contributed by atoms with E-state index in [1.165, 1.54) is 6.08 Å². The minimum atomic E-state index is -0.953. The van der Waals surface area contributed by atoms with Crippen LogP contribution < -0.4 is 0 Å². The van der Waals surface area contributed by atoms with Crippen molar-refractivity contribution in [3.63, 3.8) is 0 Å². The molecule has 0 saturated heterocycles. The second kappa shape index (κ2) is 7.31. The molecule has 0 heterocycles. The molecule has 0 radical (unpaired) electrons. The molecule has 0 unspecified atom stereocenters. The first kappa shape index (κ1) is 14.9. The molecule has 0 fully saturated rings. The summed E-state index contributed by atoms with van der Waals surface area (Å²) in [4.78, 5) is 0. The van der Waals surface area contributed by atoms with Crippen molar-refractivity contribution in [2.75, 3.05) is 0 Å². The monoisotopic (exact) mass is 250 g/mol. The van der Waals surface area contributed by atoms with Crippen molar-refractivity contribution in [1.82, 2.24) is 0 Å². The van der Waals surface area contributed by atoms with Crippen molar-refractivity contribution in [2.24, 2.45) is 5.92 Å². The van der Waals surface area contributed by atoms with Crippen LogP contribution in [0.15, 0.2) is 43.0 Å². The number of aliphatic hydroxyl groups is 2. The largest absolute Gasteiger partial charge is 0.390 e. The number of ether oxygens (including phenoxy) is 1. The lowest BCUT2D eigenvalue weighted by Gasteiger charge is -2.27. The molecule has 3 heteroatoms. The van der Waals surface area contributed by atoms with Crippen molar-refractivity contribution in [1.29, 1.82) is 0 Å². The third-order valence-corrected chi connectivity index (χ3v) is 2.89. The molecular formula is C15H22O3. The summed E-state index contributed by atoms with van der Waals surface area (Å²) in [6.07, 6.45) is -0.809. The second-order valence-corrected chi connectivity index (χ2v) is 4.72. The fourth-order valence-corrected chi connectivity index (χ4v) is 1.66. The molecule has 0 aliphatic rings. The van der Waals surface area contributed by atoms with Crippen LogP contribution in [0.2, 0.25) is 0 Å². The minimum Gasteiger partial charge on any atom is -0.390 e. The van der Waals surface area contributed by atoms with E-state index in [1.54, 1.807) is 0 Å². The van der Waals surface area contributed by atoms with Crippen LogP contribution in [0.25, 0.3) is 0 Å². The molecule has 3 nitrogen and oxygen atoms in total. The van der Waals surface area contributed by atoms with Crippen LogP contribution in [0.1, 0.15) is 19.4 Å². The lowest BCUT2D eigenvalue weighted by atomic mass is 9.98. The van der Waals surface area contributed by atoms with Crippen molar-refractivity contribution >= 4 is 0 Å². The maximum Gasteiger partial charge on any atom is 0.110 e. The average molecular weight is 250 g/mol. The summed E-state index contributed by atoms with van der Waals surface area (Å²) in [6, 6.07) is 9.70. The van der Waals surface area contributed by atoms with Gasteiger partial charge in [0.2, 0.25) is 0 Å². The van der Waals surface area contributed by atoms with E-state index in [4.69, 9.17) is 4.74 Å². The molecule has 2 N–H and O–H groups in total. The smallest absolute Gasteiger partial charge is 0.110 e. The summed E-state index contributed by atoms with van der Waals surface area (Å²) in [5.41, 5.74) is 1.02. The first-order valence-corrected chi connectivity index (χ1v) is 6.20. The SMILES string of the molecule is C=C[C@H](OCc1ccccc1)[C@@H](O)[C@H](O)C(C)C. The van der Waals surface area contributed by atoms with Crippen molar-refractivity contribution in [2.45, 2.75) is 38.8 Å². The van der Waals surface area contributed by atoms with Gasteiger partial charge in [-0.1, -0.05) is 50.3 Å². The van der Waals surface area contributed by atoms with Gasteiger partial charge in [-0.25, -0.2) is 0 Å². The van der Waals surface area contributed by atoms with Crippen LogP contribution in [-0.4, -0.2) is 28.5 Å². The highest BCUT2D eigenvalue weighted by Gasteiger charge is 2.27. The van der Waals surface area contributed by atoms with Crippen LogP contribution in [0.3, 0.4) is 0 Å². The molecule has 3 atom stereocenters. The molecule has 0 saturated carbocycles. The van der Waals surface area contributed by atoms with E-state index < -0.39 is 18.3 Å². The van der Waals surface area contributed by atoms with Gasteiger partial charge in [-0.2, -0.15) is 0 Å². The second-order valence-electron chi connectivity index (χ2n) is 4.72. The predicted octanol–water partition coefficient (Wildman–Crippen LogP) is 2.14. The minimum absolute atomic E-state index is 0.0252.